The summed E-state index contributed by atoms with van der Waals surface area (Å²) in [6.07, 6.45) is 10.4. The summed E-state index contributed by atoms with van der Waals surface area (Å²) in [4.78, 5) is 31.5. The van der Waals surface area contributed by atoms with Gasteiger partial charge in [0.1, 0.15) is 18.3 Å². The second kappa shape index (κ2) is 15.5. The van der Waals surface area contributed by atoms with Gasteiger partial charge in [0.15, 0.2) is 0 Å². The number of benzene rings is 1. The molecular weight excluding hydrogens is 649 g/mol. The van der Waals surface area contributed by atoms with Crippen LogP contribution in [0.4, 0.5) is 13.2 Å². The van der Waals surface area contributed by atoms with Crippen LogP contribution in [-0.4, -0.2) is 58.4 Å². The molecule has 50 heavy (non-hydrogen) atoms. The van der Waals surface area contributed by atoms with E-state index < -0.39 is 42.2 Å². The normalized spacial score (nSPS) is 29.1. The Labute approximate surface area is 292 Å². The van der Waals surface area contributed by atoms with Gasteiger partial charge in [-0.2, -0.15) is 13.2 Å². The number of alkyl halides is 3. The molecule has 2 bridgehead atoms. The van der Waals surface area contributed by atoms with Crippen molar-refractivity contribution in [2.45, 2.75) is 83.5 Å². The van der Waals surface area contributed by atoms with Gasteiger partial charge in [-0.1, -0.05) is 61.9 Å². The van der Waals surface area contributed by atoms with E-state index in [-0.39, 0.29) is 35.9 Å². The number of hydrogen-bond acceptors (Lipinski definition) is 7. The third-order valence-corrected chi connectivity index (χ3v) is 9.94. The van der Waals surface area contributed by atoms with Gasteiger partial charge < -0.3 is 23.5 Å². The van der Waals surface area contributed by atoms with E-state index in [4.69, 9.17) is 18.9 Å². The molecule has 0 radical (unpaired) electrons. The summed E-state index contributed by atoms with van der Waals surface area (Å²) in [7, 11) is 1.81. The van der Waals surface area contributed by atoms with Gasteiger partial charge in [0.05, 0.1) is 24.2 Å². The van der Waals surface area contributed by atoms with Crippen molar-refractivity contribution in [2.24, 2.45) is 30.7 Å². The predicted molar refractivity (Wildman–Crippen MR) is 182 cm³/mol. The number of allylic oxidation sites excluding steroid dienone is 3. The molecule has 5 rings (SSSR count). The minimum atomic E-state index is -4.72. The minimum Gasteiger partial charge on any atom is -0.462 e. The Morgan fingerprint density at radius 1 is 1.16 bits per heavy atom. The monoisotopic (exact) mass is 696 g/mol. The summed E-state index contributed by atoms with van der Waals surface area (Å²) in [6.45, 7) is 6.20. The van der Waals surface area contributed by atoms with E-state index in [0.29, 0.717) is 25.0 Å². The average molecular weight is 697 g/mol. The molecular formula is C39H47F3N2O6. The Bertz CT molecular complexity index is 1630. The molecule has 1 aliphatic carbocycles. The second-order valence-corrected chi connectivity index (χ2v) is 14.1. The number of rotatable bonds is 12. The molecule has 11 heteroatoms. The zero-order valence-electron chi connectivity index (χ0n) is 29.3. The van der Waals surface area contributed by atoms with Crippen LogP contribution in [-0.2, 0) is 42.0 Å². The zero-order valence-corrected chi connectivity index (χ0v) is 29.3. The molecule has 0 unspecified atom stereocenters. The number of nitrogens with zero attached hydrogens (tertiary/aromatic N) is 2. The fourth-order valence-electron chi connectivity index (χ4n) is 7.18. The molecule has 0 saturated carbocycles. The first-order valence-electron chi connectivity index (χ1n) is 17.3. The lowest BCUT2D eigenvalue weighted by atomic mass is 9.65. The van der Waals surface area contributed by atoms with Gasteiger partial charge in [-0.15, -0.1) is 0 Å². The SMILES string of the molecule is CC1=CC[C@H](C(C)C)[C@H]2/C=C(/C(=O)OCCCCc3ccccc3)[C@@]3(OCC(F)(F)F)C=C[C@](C)(O3)[C@@H](OC(=O)/C=C/c3cn(C)cn3)C[C@@H]12. The summed E-state index contributed by atoms with van der Waals surface area (Å²) in [5.74, 6) is -4.02. The molecule has 2 aromatic rings. The Morgan fingerprint density at radius 2 is 1.92 bits per heavy atom. The fourth-order valence-corrected chi connectivity index (χ4v) is 7.18. The third-order valence-electron chi connectivity index (χ3n) is 9.94. The summed E-state index contributed by atoms with van der Waals surface area (Å²) in [5, 5.41) is 0. The maximum absolute atomic E-state index is 14.1. The molecule has 2 aliphatic heterocycles. The minimum absolute atomic E-state index is 0.0332. The van der Waals surface area contributed by atoms with Gasteiger partial charge in [0.2, 0.25) is 5.79 Å². The van der Waals surface area contributed by atoms with Crippen LogP contribution in [0.25, 0.3) is 6.08 Å². The topological polar surface area (TPSA) is 88.9 Å². The molecule has 1 aromatic carbocycles. The van der Waals surface area contributed by atoms with E-state index in [9.17, 15) is 22.8 Å². The van der Waals surface area contributed by atoms with Gasteiger partial charge in [-0.3, -0.25) is 0 Å². The van der Waals surface area contributed by atoms with E-state index in [0.717, 1.165) is 24.0 Å². The van der Waals surface area contributed by atoms with E-state index in [1.54, 1.807) is 30.1 Å². The van der Waals surface area contributed by atoms with Crippen LogP contribution >= 0.6 is 0 Å². The molecule has 0 amide bonds. The number of carbonyl (C=O) groups is 2. The van der Waals surface area contributed by atoms with E-state index in [2.05, 4.69) is 24.9 Å². The Morgan fingerprint density at radius 3 is 2.60 bits per heavy atom. The smallest absolute Gasteiger partial charge is 0.411 e. The summed E-state index contributed by atoms with van der Waals surface area (Å²) >= 11 is 0. The lowest BCUT2D eigenvalue weighted by molar-refractivity contribution is -0.274. The number of ether oxygens (including phenoxy) is 4. The number of hydrogen-bond donors (Lipinski definition) is 0. The fraction of sp³-hybridized carbons (Fsp3) is 0.513. The molecule has 3 aliphatic rings. The molecule has 0 saturated heterocycles. The first-order chi connectivity index (χ1) is 23.7. The van der Waals surface area contributed by atoms with Crippen molar-refractivity contribution in [2.75, 3.05) is 13.2 Å². The van der Waals surface area contributed by atoms with E-state index >= 15 is 0 Å². The van der Waals surface area contributed by atoms with Gasteiger partial charge in [0.25, 0.3) is 0 Å². The summed E-state index contributed by atoms with van der Waals surface area (Å²) in [6, 6.07) is 9.93. The summed E-state index contributed by atoms with van der Waals surface area (Å²) in [5.41, 5.74) is 1.17. The van der Waals surface area contributed by atoms with Crippen molar-refractivity contribution in [3.05, 3.63) is 95.6 Å². The van der Waals surface area contributed by atoms with Crippen molar-refractivity contribution in [3.63, 3.8) is 0 Å². The zero-order chi connectivity index (χ0) is 36.1. The van der Waals surface area contributed by atoms with Crippen LogP contribution in [0.15, 0.2) is 84.4 Å². The van der Waals surface area contributed by atoms with Crippen LogP contribution in [0.3, 0.4) is 0 Å². The van der Waals surface area contributed by atoms with Crippen LogP contribution in [0.1, 0.15) is 64.6 Å². The standard InChI is InChI=1S/C39H47F3N2O6/c1-26(2)30-16-14-27(3)31-22-34(49-35(45)17-15-29-23-44(5)25-43-29)37(4)18-19-38(50-37,48-24-39(40,41)42)33(21-32(30)31)36(46)47-20-10-9-13-28-11-7-6-8-12-28/h6-8,11-12,14-15,17-19,21,23,25-26,30-32,34H,9-10,13,16,20,22,24H2,1-5H3/b17-15+,33-21-/t30-,31+,32-,34+,37+,38-/m1/s1. The highest BCUT2D eigenvalue weighted by atomic mass is 19.4. The predicted octanol–water partition coefficient (Wildman–Crippen LogP) is 7.72. The van der Waals surface area contributed by atoms with Gasteiger partial charge in [-0.25, -0.2) is 14.6 Å². The van der Waals surface area contributed by atoms with Gasteiger partial charge >= 0.3 is 18.1 Å². The molecule has 6 atom stereocenters. The van der Waals surface area contributed by atoms with Gasteiger partial charge in [0, 0.05) is 19.3 Å². The molecule has 0 N–H and O–H groups in total. The number of aryl methyl sites for hydroxylation is 2. The Balaban J connectivity index is 1.48. The second-order valence-electron chi connectivity index (χ2n) is 14.1. The van der Waals surface area contributed by atoms with Crippen molar-refractivity contribution in [3.8, 4) is 0 Å². The number of fused-ring (bicyclic) bond motifs is 3. The number of carbonyl (C=O) groups excluding carboxylic acids is 2. The molecule has 1 aromatic heterocycles. The maximum atomic E-state index is 14.1. The number of imidazole rings is 1. The molecule has 3 heterocycles. The number of unbranched alkanes of at least 4 members (excludes halogenated alkanes) is 1. The van der Waals surface area contributed by atoms with Gasteiger partial charge in [-0.05, 0) is 93.4 Å². The largest absolute Gasteiger partial charge is 0.462 e. The Hall–Kier alpha value is -3.96. The van der Waals surface area contributed by atoms with Crippen molar-refractivity contribution in [1.29, 1.82) is 0 Å². The molecule has 0 spiro atoms. The third kappa shape index (κ3) is 9.03. The van der Waals surface area contributed by atoms with Crippen LogP contribution in [0, 0.1) is 23.7 Å². The van der Waals surface area contributed by atoms with Crippen molar-refractivity contribution in [1.82, 2.24) is 9.55 Å². The summed E-state index contributed by atoms with van der Waals surface area (Å²) < 4.78 is 66.9. The van der Waals surface area contributed by atoms with Crippen LogP contribution < -0.4 is 0 Å². The average Bonchev–Trinajstić information content (AvgIpc) is 3.66. The highest BCUT2D eigenvalue weighted by molar-refractivity contribution is 5.91. The number of halogens is 3. The quantitative estimate of drug-likeness (QED) is 0.0972. The van der Waals surface area contributed by atoms with Crippen LogP contribution in [0.5, 0.6) is 0 Å². The Kier molecular flexibility index (Phi) is 11.6. The molecule has 8 nitrogen and oxygen atoms in total. The first kappa shape index (κ1) is 37.3. The van der Waals surface area contributed by atoms with Crippen LogP contribution in [0.2, 0.25) is 0 Å². The number of esters is 2. The molecule has 270 valence electrons. The highest BCUT2D eigenvalue weighted by Gasteiger charge is 2.56. The van der Waals surface area contributed by atoms with E-state index in [1.165, 1.54) is 24.3 Å². The first-order valence-corrected chi connectivity index (χ1v) is 17.3. The maximum Gasteiger partial charge on any atom is 0.411 e. The molecule has 0 fully saturated rings. The van der Waals surface area contributed by atoms with E-state index in [1.807, 2.05) is 44.3 Å². The lowest BCUT2D eigenvalue weighted by Crippen LogP contribution is -2.49. The number of aromatic nitrogens is 2. The van der Waals surface area contributed by atoms with Crippen molar-refractivity contribution < 1.29 is 41.7 Å². The highest BCUT2D eigenvalue weighted by Crippen LogP contribution is 2.50. The lowest BCUT2D eigenvalue weighted by Gasteiger charge is -2.41. The van der Waals surface area contributed by atoms with Crippen molar-refractivity contribution >= 4 is 18.0 Å².